The number of hydrogen-bond donors (Lipinski definition) is 0. The Hall–Kier alpha value is -1.45. The molecule has 0 N–H and O–H groups in total. The van der Waals surface area contributed by atoms with E-state index in [1.807, 2.05) is 44.2 Å². The average Bonchev–Trinajstić information content (AvgIpc) is 2.29. The molecule has 0 amide bonds. The normalized spacial score (nSPS) is 12.4. The quantitative estimate of drug-likeness (QED) is 0.762. The topological polar surface area (TPSA) is 40.1 Å². The second-order valence-electron chi connectivity index (χ2n) is 4.03. The van der Waals surface area contributed by atoms with E-state index in [-0.39, 0.29) is 0 Å². The van der Waals surface area contributed by atoms with Gasteiger partial charge in [-0.15, -0.1) is 0 Å². The number of rotatable bonds is 2. The molecule has 0 fully saturated rings. The summed E-state index contributed by atoms with van der Waals surface area (Å²) in [6.07, 6.45) is 0. The molecular weight excluding hydrogens is 232 g/mol. The van der Waals surface area contributed by atoms with Gasteiger partial charge in [-0.1, -0.05) is 30.3 Å². The molecule has 0 saturated carbocycles. The third-order valence-corrected chi connectivity index (χ3v) is 3.38. The Morgan fingerprint density at radius 1 is 1.00 bits per heavy atom. The first-order valence-electron chi connectivity index (χ1n) is 5.35. The molecule has 3 heteroatoms. The van der Waals surface area contributed by atoms with Gasteiger partial charge >= 0.3 is 0 Å². The molecule has 0 spiro atoms. The molecule has 0 radical (unpaired) electrons. The second-order valence-corrected chi connectivity index (χ2v) is 4.97. The van der Waals surface area contributed by atoms with Crippen LogP contribution in [0.3, 0.4) is 0 Å². The Morgan fingerprint density at radius 2 is 1.53 bits per heavy atom. The highest BCUT2D eigenvalue weighted by molar-refractivity contribution is 7.79. The molecule has 1 unspecified atom stereocenters. The van der Waals surface area contributed by atoms with Gasteiger partial charge in [-0.25, -0.2) is 0 Å². The molecule has 0 aliphatic carbocycles. The standard InChI is InChI=1S/C14H14O2S/c1-10-8-13(17(15)16)9-11(2)14(10)12-6-4-3-5-7-12/h3-9H,1-2H3,(H,15,16)/p-1. The summed E-state index contributed by atoms with van der Waals surface area (Å²) in [7, 11) is 0. The van der Waals surface area contributed by atoms with E-state index in [1.165, 1.54) is 0 Å². The van der Waals surface area contributed by atoms with Crippen LogP contribution in [0, 0.1) is 13.8 Å². The average molecular weight is 245 g/mol. The molecule has 1 atom stereocenters. The summed E-state index contributed by atoms with van der Waals surface area (Å²) in [4.78, 5) is 0.347. The van der Waals surface area contributed by atoms with Gasteiger partial charge in [0.2, 0.25) is 0 Å². The highest BCUT2D eigenvalue weighted by Crippen LogP contribution is 2.28. The van der Waals surface area contributed by atoms with E-state index < -0.39 is 11.1 Å². The highest BCUT2D eigenvalue weighted by atomic mass is 32.2. The summed E-state index contributed by atoms with van der Waals surface area (Å²) in [5.41, 5.74) is 4.19. The van der Waals surface area contributed by atoms with E-state index in [9.17, 15) is 8.76 Å². The van der Waals surface area contributed by atoms with Crippen molar-refractivity contribution in [2.45, 2.75) is 18.7 Å². The Labute approximate surface area is 104 Å². The van der Waals surface area contributed by atoms with Crippen LogP contribution in [0.1, 0.15) is 11.1 Å². The van der Waals surface area contributed by atoms with Crippen molar-refractivity contribution in [1.82, 2.24) is 0 Å². The lowest BCUT2D eigenvalue weighted by molar-refractivity contribution is 0.537. The molecule has 0 heterocycles. The number of hydrogen-bond acceptors (Lipinski definition) is 2. The van der Waals surface area contributed by atoms with Crippen LogP contribution in [0.4, 0.5) is 0 Å². The van der Waals surface area contributed by atoms with Gasteiger partial charge in [-0.2, -0.15) is 0 Å². The Kier molecular flexibility index (Phi) is 3.41. The Morgan fingerprint density at radius 3 is 2.00 bits per heavy atom. The first-order chi connectivity index (χ1) is 8.09. The van der Waals surface area contributed by atoms with Crippen LogP contribution in [0.5, 0.6) is 0 Å². The second kappa shape index (κ2) is 4.82. The van der Waals surface area contributed by atoms with Crippen molar-refractivity contribution >= 4 is 11.1 Å². The van der Waals surface area contributed by atoms with Gasteiger partial charge in [0.15, 0.2) is 0 Å². The molecule has 0 saturated heterocycles. The van der Waals surface area contributed by atoms with Gasteiger partial charge in [0, 0.05) is 4.90 Å². The van der Waals surface area contributed by atoms with Gasteiger partial charge in [-0.3, -0.25) is 4.21 Å². The largest absolute Gasteiger partial charge is 0.768 e. The SMILES string of the molecule is Cc1cc(S(=O)[O-])cc(C)c1-c1ccccc1. The minimum absolute atomic E-state index is 0.347. The first-order valence-corrected chi connectivity index (χ1v) is 6.43. The lowest BCUT2D eigenvalue weighted by Gasteiger charge is -2.14. The van der Waals surface area contributed by atoms with E-state index in [0.29, 0.717) is 4.90 Å². The highest BCUT2D eigenvalue weighted by Gasteiger charge is 2.07. The van der Waals surface area contributed by atoms with Gasteiger partial charge in [0.05, 0.1) is 0 Å². The Bertz CT molecular complexity index is 539. The van der Waals surface area contributed by atoms with Crippen molar-refractivity contribution in [2.75, 3.05) is 0 Å². The van der Waals surface area contributed by atoms with Crippen LogP contribution >= 0.6 is 0 Å². The van der Waals surface area contributed by atoms with Crippen LogP contribution in [-0.4, -0.2) is 8.76 Å². The predicted molar refractivity (Wildman–Crippen MR) is 68.5 cm³/mol. The molecule has 88 valence electrons. The summed E-state index contributed by atoms with van der Waals surface area (Å²) in [6.45, 7) is 3.87. The van der Waals surface area contributed by atoms with Gasteiger partial charge in [0.25, 0.3) is 0 Å². The van der Waals surface area contributed by atoms with Crippen molar-refractivity contribution in [3.63, 3.8) is 0 Å². The van der Waals surface area contributed by atoms with E-state index >= 15 is 0 Å². The molecule has 0 bridgehead atoms. The van der Waals surface area contributed by atoms with Crippen LogP contribution in [0.15, 0.2) is 47.4 Å². The molecule has 17 heavy (non-hydrogen) atoms. The maximum absolute atomic E-state index is 11.0. The zero-order chi connectivity index (χ0) is 12.4. The third-order valence-electron chi connectivity index (χ3n) is 2.76. The van der Waals surface area contributed by atoms with Gasteiger partial charge < -0.3 is 4.55 Å². The fourth-order valence-corrected chi connectivity index (χ4v) is 2.63. The van der Waals surface area contributed by atoms with E-state index in [4.69, 9.17) is 0 Å². The molecule has 2 aromatic rings. The summed E-state index contributed by atoms with van der Waals surface area (Å²) < 4.78 is 21.9. The van der Waals surface area contributed by atoms with Crippen LogP contribution in [0.25, 0.3) is 11.1 Å². The summed E-state index contributed by atoms with van der Waals surface area (Å²) >= 11 is -2.16. The lowest BCUT2D eigenvalue weighted by atomic mass is 9.96. The molecule has 0 aliphatic heterocycles. The van der Waals surface area contributed by atoms with E-state index in [2.05, 4.69) is 0 Å². The van der Waals surface area contributed by atoms with Crippen molar-refractivity contribution in [3.05, 3.63) is 53.6 Å². The minimum atomic E-state index is -2.16. The van der Waals surface area contributed by atoms with Crippen molar-refractivity contribution in [3.8, 4) is 11.1 Å². The van der Waals surface area contributed by atoms with Crippen LogP contribution in [-0.2, 0) is 11.1 Å². The molecule has 2 rings (SSSR count). The van der Waals surface area contributed by atoms with E-state index in [0.717, 1.165) is 22.3 Å². The summed E-state index contributed by atoms with van der Waals surface area (Å²) in [5, 5.41) is 0. The van der Waals surface area contributed by atoms with Crippen molar-refractivity contribution in [2.24, 2.45) is 0 Å². The minimum Gasteiger partial charge on any atom is -0.768 e. The molecule has 2 nitrogen and oxygen atoms in total. The fraction of sp³-hybridized carbons (Fsp3) is 0.143. The van der Waals surface area contributed by atoms with Gasteiger partial charge in [0.1, 0.15) is 0 Å². The molecule has 2 aromatic carbocycles. The monoisotopic (exact) mass is 245 g/mol. The number of benzene rings is 2. The predicted octanol–water partition coefficient (Wildman–Crippen LogP) is 3.21. The molecule has 0 aliphatic rings. The zero-order valence-corrected chi connectivity index (χ0v) is 10.6. The molecular formula is C14H13O2S-. The van der Waals surface area contributed by atoms with Crippen LogP contribution in [0.2, 0.25) is 0 Å². The maximum Gasteiger partial charge on any atom is 0.0254 e. The van der Waals surface area contributed by atoms with Crippen molar-refractivity contribution < 1.29 is 8.76 Å². The van der Waals surface area contributed by atoms with E-state index in [1.54, 1.807) is 12.1 Å². The van der Waals surface area contributed by atoms with Crippen molar-refractivity contribution in [1.29, 1.82) is 0 Å². The summed E-state index contributed by atoms with van der Waals surface area (Å²) in [6, 6.07) is 13.4. The van der Waals surface area contributed by atoms with Crippen LogP contribution < -0.4 is 0 Å². The number of aryl methyl sites for hydroxylation is 2. The first kappa shape index (κ1) is 12.0. The lowest BCUT2D eigenvalue weighted by Crippen LogP contribution is -1.95. The third kappa shape index (κ3) is 2.46. The summed E-state index contributed by atoms with van der Waals surface area (Å²) in [5.74, 6) is 0. The Balaban J connectivity index is 2.61. The van der Waals surface area contributed by atoms with Gasteiger partial charge in [-0.05, 0) is 59.3 Å². The smallest absolute Gasteiger partial charge is 0.0254 e. The molecule has 0 aromatic heterocycles. The fourth-order valence-electron chi connectivity index (χ4n) is 2.08. The zero-order valence-electron chi connectivity index (χ0n) is 9.77. The maximum atomic E-state index is 11.0.